The zero-order chi connectivity index (χ0) is 20.1. The van der Waals surface area contributed by atoms with Gasteiger partial charge < -0.3 is 4.74 Å². The van der Waals surface area contributed by atoms with Gasteiger partial charge in [-0.05, 0) is 47.5 Å². The van der Waals surface area contributed by atoms with Crippen LogP contribution in [0.5, 0.6) is 5.75 Å². The first kappa shape index (κ1) is 19.6. The van der Waals surface area contributed by atoms with Crippen LogP contribution >= 0.6 is 11.8 Å². The van der Waals surface area contributed by atoms with E-state index in [9.17, 15) is 19.7 Å². The number of benzene rings is 2. The lowest BCUT2D eigenvalue weighted by Crippen LogP contribution is -2.28. The van der Waals surface area contributed by atoms with Crippen LogP contribution in [-0.2, 0) is 11.4 Å². The maximum Gasteiger partial charge on any atom is 0.293 e. The van der Waals surface area contributed by atoms with Crippen molar-refractivity contribution in [1.82, 2.24) is 4.90 Å². The van der Waals surface area contributed by atoms with Crippen LogP contribution in [0.15, 0.2) is 53.4 Å². The summed E-state index contributed by atoms with van der Waals surface area (Å²) in [6.45, 7) is 2.54. The molecule has 3 rings (SSSR count). The summed E-state index contributed by atoms with van der Waals surface area (Å²) in [6, 6.07) is 13.4. The van der Waals surface area contributed by atoms with Crippen LogP contribution in [0.4, 0.5) is 10.5 Å². The second-order valence-electron chi connectivity index (χ2n) is 6.12. The smallest absolute Gasteiger partial charge is 0.293 e. The van der Waals surface area contributed by atoms with Gasteiger partial charge in [-0.3, -0.25) is 24.6 Å². The molecule has 1 heterocycles. The Bertz CT molecular complexity index is 940. The number of carbonyl (C=O) groups excluding carboxylic acids is 2. The number of thioether (sulfide) groups is 1. The van der Waals surface area contributed by atoms with E-state index in [1.54, 1.807) is 42.5 Å². The Hall–Kier alpha value is -3.13. The van der Waals surface area contributed by atoms with Gasteiger partial charge >= 0.3 is 0 Å². The highest BCUT2D eigenvalue weighted by molar-refractivity contribution is 8.18. The number of hydrogen-bond donors (Lipinski definition) is 0. The van der Waals surface area contributed by atoms with Gasteiger partial charge in [-0.15, -0.1) is 0 Å². The van der Waals surface area contributed by atoms with Crippen molar-refractivity contribution in [2.75, 3.05) is 6.54 Å². The summed E-state index contributed by atoms with van der Waals surface area (Å²) < 4.78 is 5.66. The van der Waals surface area contributed by atoms with E-state index in [2.05, 4.69) is 0 Å². The highest BCUT2D eigenvalue weighted by atomic mass is 32.2. The molecule has 8 heteroatoms. The fraction of sp³-hybridized carbons (Fsp3) is 0.200. The van der Waals surface area contributed by atoms with E-state index in [0.29, 0.717) is 22.8 Å². The summed E-state index contributed by atoms with van der Waals surface area (Å²) in [5.41, 5.74) is 1.50. The van der Waals surface area contributed by atoms with Crippen molar-refractivity contribution in [3.8, 4) is 5.75 Å². The maximum atomic E-state index is 12.3. The van der Waals surface area contributed by atoms with Crippen molar-refractivity contribution in [2.24, 2.45) is 0 Å². The second kappa shape index (κ2) is 8.71. The molecule has 0 aromatic heterocycles. The van der Waals surface area contributed by atoms with Gasteiger partial charge in [0.2, 0.25) is 0 Å². The van der Waals surface area contributed by atoms with Gasteiger partial charge in [-0.2, -0.15) is 0 Å². The summed E-state index contributed by atoms with van der Waals surface area (Å²) in [5, 5.41) is 10.6. The van der Waals surface area contributed by atoms with Crippen LogP contribution in [0.3, 0.4) is 0 Å². The van der Waals surface area contributed by atoms with Crippen LogP contribution in [0, 0.1) is 10.1 Å². The number of amides is 2. The molecule has 0 unspecified atom stereocenters. The van der Waals surface area contributed by atoms with Crippen LogP contribution in [-0.4, -0.2) is 27.5 Å². The molecule has 144 valence electrons. The van der Waals surface area contributed by atoms with Gasteiger partial charge in [-0.1, -0.05) is 31.2 Å². The number of rotatable bonds is 7. The highest BCUT2D eigenvalue weighted by Gasteiger charge is 2.34. The van der Waals surface area contributed by atoms with Gasteiger partial charge in [-0.25, -0.2) is 0 Å². The van der Waals surface area contributed by atoms with E-state index in [4.69, 9.17) is 4.74 Å². The average molecular weight is 398 g/mol. The molecule has 0 atom stereocenters. The fourth-order valence-corrected chi connectivity index (χ4v) is 3.52. The number of nitro groups is 1. The number of hydrogen-bond acceptors (Lipinski definition) is 6. The van der Waals surface area contributed by atoms with Gasteiger partial charge in [0.1, 0.15) is 12.4 Å². The van der Waals surface area contributed by atoms with E-state index in [1.165, 1.54) is 17.0 Å². The SMILES string of the molecule is CCCN1C(=O)S/C(=C/c2ccc(OCc3cccc([N+](=O)[O-])c3)cc2)C1=O. The van der Waals surface area contributed by atoms with Crippen molar-refractivity contribution in [3.05, 3.63) is 74.7 Å². The van der Waals surface area contributed by atoms with Crippen LogP contribution in [0.2, 0.25) is 0 Å². The minimum absolute atomic E-state index is 0.0217. The monoisotopic (exact) mass is 398 g/mol. The molecule has 28 heavy (non-hydrogen) atoms. The average Bonchev–Trinajstić information content (AvgIpc) is 2.95. The Morgan fingerprint density at radius 3 is 2.61 bits per heavy atom. The molecule has 0 N–H and O–H groups in total. The molecule has 0 aliphatic carbocycles. The van der Waals surface area contributed by atoms with Crippen LogP contribution in [0.25, 0.3) is 6.08 Å². The topological polar surface area (TPSA) is 89.8 Å². The lowest BCUT2D eigenvalue weighted by atomic mass is 10.2. The Morgan fingerprint density at radius 1 is 1.18 bits per heavy atom. The Balaban J connectivity index is 1.64. The zero-order valence-electron chi connectivity index (χ0n) is 15.2. The number of nitro benzene ring substituents is 1. The summed E-state index contributed by atoms with van der Waals surface area (Å²) in [4.78, 5) is 36.2. The molecule has 1 fully saturated rings. The lowest BCUT2D eigenvalue weighted by Gasteiger charge is -2.09. The van der Waals surface area contributed by atoms with Gasteiger partial charge in [0, 0.05) is 18.7 Å². The molecule has 0 saturated carbocycles. The van der Waals surface area contributed by atoms with E-state index in [1.807, 2.05) is 6.92 Å². The number of ether oxygens (including phenoxy) is 1. The van der Waals surface area contributed by atoms with Gasteiger partial charge in [0.05, 0.1) is 9.83 Å². The first-order chi connectivity index (χ1) is 13.5. The van der Waals surface area contributed by atoms with Crippen molar-refractivity contribution in [2.45, 2.75) is 20.0 Å². The van der Waals surface area contributed by atoms with E-state index >= 15 is 0 Å². The maximum absolute atomic E-state index is 12.3. The minimum atomic E-state index is -0.444. The number of non-ortho nitro benzene ring substituents is 1. The van der Waals surface area contributed by atoms with Crippen LogP contribution < -0.4 is 4.74 Å². The third-order valence-electron chi connectivity index (χ3n) is 4.03. The Kier molecular flexibility index (Phi) is 6.10. The standard InChI is InChI=1S/C20H18N2O5S/c1-2-10-21-19(23)18(28-20(21)24)12-14-6-8-17(9-7-14)27-13-15-4-3-5-16(11-15)22(25)26/h3-9,11-12H,2,10,13H2,1H3/b18-12+. The fourth-order valence-electron chi connectivity index (χ4n) is 2.65. The predicted molar refractivity (Wildman–Crippen MR) is 107 cm³/mol. The van der Waals surface area contributed by atoms with Crippen molar-refractivity contribution < 1.29 is 19.2 Å². The number of carbonyl (C=O) groups is 2. The highest BCUT2D eigenvalue weighted by Crippen LogP contribution is 2.32. The van der Waals surface area contributed by atoms with Crippen LogP contribution in [0.1, 0.15) is 24.5 Å². The van der Waals surface area contributed by atoms with Crippen molar-refractivity contribution >= 4 is 34.7 Å². The summed E-state index contributed by atoms with van der Waals surface area (Å²) in [5.74, 6) is 0.339. The number of nitrogens with zero attached hydrogens (tertiary/aromatic N) is 2. The quantitative estimate of drug-likeness (QED) is 0.384. The molecule has 2 aromatic carbocycles. The molecule has 1 saturated heterocycles. The van der Waals surface area contributed by atoms with Crippen molar-refractivity contribution in [3.63, 3.8) is 0 Å². The molecule has 7 nitrogen and oxygen atoms in total. The molecule has 2 amide bonds. The lowest BCUT2D eigenvalue weighted by molar-refractivity contribution is -0.384. The molecule has 1 aliphatic heterocycles. The van der Waals surface area contributed by atoms with Gasteiger partial charge in [0.15, 0.2) is 0 Å². The molecular formula is C20H18N2O5S. The molecule has 0 radical (unpaired) electrons. The van der Waals surface area contributed by atoms with Crippen molar-refractivity contribution in [1.29, 1.82) is 0 Å². The minimum Gasteiger partial charge on any atom is -0.489 e. The summed E-state index contributed by atoms with van der Waals surface area (Å²) >= 11 is 0.944. The summed E-state index contributed by atoms with van der Waals surface area (Å²) in [6.07, 6.45) is 2.41. The molecule has 0 bridgehead atoms. The second-order valence-corrected chi connectivity index (χ2v) is 7.11. The third-order valence-corrected chi connectivity index (χ3v) is 4.93. The third kappa shape index (κ3) is 4.58. The summed E-state index contributed by atoms with van der Waals surface area (Å²) in [7, 11) is 0. The largest absolute Gasteiger partial charge is 0.489 e. The molecular weight excluding hydrogens is 380 g/mol. The molecule has 1 aliphatic rings. The van der Waals surface area contributed by atoms with E-state index in [0.717, 1.165) is 23.7 Å². The molecule has 0 spiro atoms. The Labute approximate surface area is 166 Å². The normalized spacial score (nSPS) is 15.3. The van der Waals surface area contributed by atoms with E-state index < -0.39 is 4.92 Å². The number of imide groups is 1. The zero-order valence-corrected chi connectivity index (χ0v) is 16.0. The first-order valence-corrected chi connectivity index (χ1v) is 9.51. The Morgan fingerprint density at radius 2 is 1.93 bits per heavy atom. The predicted octanol–water partition coefficient (Wildman–Crippen LogP) is 4.62. The van der Waals surface area contributed by atoms with E-state index in [-0.39, 0.29) is 23.4 Å². The first-order valence-electron chi connectivity index (χ1n) is 8.69. The molecule has 2 aromatic rings. The van der Waals surface area contributed by atoms with Gasteiger partial charge in [0.25, 0.3) is 16.8 Å².